The maximum absolute atomic E-state index is 12.5. The molecule has 1 saturated carbocycles. The fourth-order valence-electron chi connectivity index (χ4n) is 3.15. The molecule has 1 N–H and O–H groups in total. The quantitative estimate of drug-likeness (QED) is 0.754. The molecule has 1 aromatic rings. The molecule has 0 radical (unpaired) electrons. The number of piperidine rings is 1. The molecule has 134 valence electrons. The number of methoxy groups -OCH3 is 1. The second kappa shape index (κ2) is 7.30. The van der Waals surface area contributed by atoms with E-state index < -0.39 is 10.2 Å². The van der Waals surface area contributed by atoms with Crippen molar-refractivity contribution in [1.82, 2.24) is 19.2 Å². The average molecular weight is 355 g/mol. The third kappa shape index (κ3) is 4.02. The molecule has 1 aliphatic heterocycles. The molecule has 0 aromatic carbocycles. The van der Waals surface area contributed by atoms with Gasteiger partial charge in [0.15, 0.2) is 5.82 Å². The molecule has 2 heterocycles. The van der Waals surface area contributed by atoms with Gasteiger partial charge in [-0.3, -0.25) is 0 Å². The first-order valence-corrected chi connectivity index (χ1v) is 9.72. The van der Waals surface area contributed by atoms with Crippen molar-refractivity contribution < 1.29 is 13.2 Å². The standard InChI is InChI=1S/C15H25N5O3S/c1-19(13-5-6-13)24(21,22)18-14-7-9-20(10-12(14)11-23-2)15-4-3-8-16-17-15/h3-4,8,12-14,18H,5-7,9-11H2,1-2H3/t12-,14-/m0/s1. The third-order valence-electron chi connectivity index (χ3n) is 4.74. The summed E-state index contributed by atoms with van der Waals surface area (Å²) in [6.07, 6.45) is 4.25. The first-order valence-electron chi connectivity index (χ1n) is 8.28. The van der Waals surface area contributed by atoms with Crippen LogP contribution in [0.2, 0.25) is 0 Å². The van der Waals surface area contributed by atoms with Crippen molar-refractivity contribution in [1.29, 1.82) is 0 Å². The number of rotatable bonds is 7. The number of hydrogen-bond acceptors (Lipinski definition) is 6. The molecule has 1 aromatic heterocycles. The number of aromatic nitrogens is 2. The molecule has 1 saturated heterocycles. The number of hydrogen-bond donors (Lipinski definition) is 1. The van der Waals surface area contributed by atoms with Gasteiger partial charge in [-0.15, -0.1) is 5.10 Å². The van der Waals surface area contributed by atoms with E-state index in [1.807, 2.05) is 12.1 Å². The van der Waals surface area contributed by atoms with E-state index in [2.05, 4.69) is 19.8 Å². The van der Waals surface area contributed by atoms with Crippen LogP contribution in [0.5, 0.6) is 0 Å². The van der Waals surface area contributed by atoms with E-state index >= 15 is 0 Å². The minimum absolute atomic E-state index is 0.0631. The van der Waals surface area contributed by atoms with Crippen LogP contribution in [-0.2, 0) is 14.9 Å². The molecule has 24 heavy (non-hydrogen) atoms. The topological polar surface area (TPSA) is 87.7 Å². The molecular weight excluding hydrogens is 330 g/mol. The summed E-state index contributed by atoms with van der Waals surface area (Å²) in [7, 11) is -0.154. The molecule has 2 aliphatic rings. The van der Waals surface area contributed by atoms with E-state index in [4.69, 9.17) is 4.74 Å². The van der Waals surface area contributed by atoms with Crippen LogP contribution in [0.25, 0.3) is 0 Å². The van der Waals surface area contributed by atoms with Gasteiger partial charge < -0.3 is 9.64 Å². The SMILES string of the molecule is COC[C@@H]1CN(c2cccnn2)CC[C@@H]1NS(=O)(=O)N(C)C1CC1. The Labute approximate surface area is 143 Å². The molecule has 0 unspecified atom stereocenters. The Morgan fingerprint density at radius 2 is 2.21 bits per heavy atom. The van der Waals surface area contributed by atoms with Crippen LogP contribution < -0.4 is 9.62 Å². The first kappa shape index (κ1) is 17.5. The normalized spacial score (nSPS) is 25.2. The molecule has 3 rings (SSSR count). The minimum atomic E-state index is -3.45. The lowest BCUT2D eigenvalue weighted by molar-refractivity contribution is 0.128. The number of ether oxygens (including phenoxy) is 1. The Balaban J connectivity index is 1.67. The molecule has 2 fully saturated rings. The monoisotopic (exact) mass is 355 g/mol. The molecule has 0 spiro atoms. The van der Waals surface area contributed by atoms with Crippen LogP contribution >= 0.6 is 0 Å². The molecular formula is C15H25N5O3S. The van der Waals surface area contributed by atoms with Crippen molar-refractivity contribution >= 4 is 16.0 Å². The Morgan fingerprint density at radius 1 is 1.42 bits per heavy atom. The van der Waals surface area contributed by atoms with Gasteiger partial charge in [-0.2, -0.15) is 22.5 Å². The maximum Gasteiger partial charge on any atom is 0.279 e. The molecule has 0 bridgehead atoms. The Kier molecular flexibility index (Phi) is 5.33. The van der Waals surface area contributed by atoms with E-state index in [1.165, 1.54) is 4.31 Å². The van der Waals surface area contributed by atoms with Gasteiger partial charge in [-0.25, -0.2) is 0 Å². The van der Waals surface area contributed by atoms with Crippen molar-refractivity contribution in [3.8, 4) is 0 Å². The zero-order valence-electron chi connectivity index (χ0n) is 14.1. The van der Waals surface area contributed by atoms with Crippen LogP contribution in [0.4, 0.5) is 5.82 Å². The fourth-order valence-corrected chi connectivity index (χ4v) is 4.61. The van der Waals surface area contributed by atoms with Crippen LogP contribution in [0.15, 0.2) is 18.3 Å². The second-order valence-electron chi connectivity index (χ2n) is 6.51. The highest BCUT2D eigenvalue weighted by molar-refractivity contribution is 7.87. The van der Waals surface area contributed by atoms with Gasteiger partial charge in [0.25, 0.3) is 10.2 Å². The predicted molar refractivity (Wildman–Crippen MR) is 90.9 cm³/mol. The van der Waals surface area contributed by atoms with Gasteiger partial charge in [-0.05, 0) is 31.4 Å². The average Bonchev–Trinajstić information content (AvgIpc) is 3.41. The maximum atomic E-state index is 12.5. The minimum Gasteiger partial charge on any atom is -0.384 e. The number of nitrogens with zero attached hydrogens (tertiary/aromatic N) is 4. The zero-order chi connectivity index (χ0) is 17.2. The first-order chi connectivity index (χ1) is 11.5. The molecule has 2 atom stereocenters. The summed E-state index contributed by atoms with van der Waals surface area (Å²) in [6.45, 7) is 1.92. The van der Waals surface area contributed by atoms with Crippen molar-refractivity contribution in [2.75, 3.05) is 38.8 Å². The number of nitrogens with one attached hydrogen (secondary N) is 1. The molecule has 0 amide bonds. The van der Waals surface area contributed by atoms with E-state index in [0.29, 0.717) is 19.6 Å². The van der Waals surface area contributed by atoms with Gasteiger partial charge in [0.05, 0.1) is 6.61 Å². The van der Waals surface area contributed by atoms with Crippen LogP contribution in [0.3, 0.4) is 0 Å². The summed E-state index contributed by atoms with van der Waals surface area (Å²) in [5.74, 6) is 0.878. The van der Waals surface area contributed by atoms with Crippen molar-refractivity contribution in [2.24, 2.45) is 5.92 Å². The van der Waals surface area contributed by atoms with Crippen molar-refractivity contribution in [3.05, 3.63) is 18.3 Å². The van der Waals surface area contributed by atoms with Gasteiger partial charge in [0.2, 0.25) is 0 Å². The molecule has 9 heteroatoms. The Morgan fingerprint density at radius 3 is 2.83 bits per heavy atom. The van der Waals surface area contributed by atoms with E-state index in [0.717, 1.165) is 25.2 Å². The summed E-state index contributed by atoms with van der Waals surface area (Å²) >= 11 is 0. The summed E-state index contributed by atoms with van der Waals surface area (Å²) in [5, 5.41) is 8.06. The summed E-state index contributed by atoms with van der Waals surface area (Å²) < 4.78 is 34.7. The summed E-state index contributed by atoms with van der Waals surface area (Å²) in [6, 6.07) is 3.79. The lowest BCUT2D eigenvalue weighted by Gasteiger charge is -2.39. The lowest BCUT2D eigenvalue weighted by Crippen LogP contribution is -2.55. The highest BCUT2D eigenvalue weighted by atomic mass is 32.2. The molecule has 8 nitrogen and oxygen atoms in total. The summed E-state index contributed by atoms with van der Waals surface area (Å²) in [4.78, 5) is 2.13. The van der Waals surface area contributed by atoms with Gasteiger partial charge in [0, 0.05) is 51.4 Å². The Bertz CT molecular complexity index is 638. The van der Waals surface area contributed by atoms with Gasteiger partial charge >= 0.3 is 0 Å². The van der Waals surface area contributed by atoms with E-state index in [9.17, 15) is 8.42 Å². The Hall–Kier alpha value is -1.29. The van der Waals surface area contributed by atoms with Gasteiger partial charge in [0.1, 0.15) is 0 Å². The van der Waals surface area contributed by atoms with Crippen molar-refractivity contribution in [2.45, 2.75) is 31.3 Å². The van der Waals surface area contributed by atoms with E-state index in [1.54, 1.807) is 20.4 Å². The van der Waals surface area contributed by atoms with Crippen LogP contribution in [0.1, 0.15) is 19.3 Å². The smallest absolute Gasteiger partial charge is 0.279 e. The summed E-state index contributed by atoms with van der Waals surface area (Å²) in [5.41, 5.74) is 0. The second-order valence-corrected chi connectivity index (χ2v) is 8.27. The largest absolute Gasteiger partial charge is 0.384 e. The van der Waals surface area contributed by atoms with Gasteiger partial charge in [-0.1, -0.05) is 0 Å². The van der Waals surface area contributed by atoms with Crippen LogP contribution in [0, 0.1) is 5.92 Å². The predicted octanol–water partition coefficient (Wildman–Crippen LogP) is 0.247. The highest BCUT2D eigenvalue weighted by Gasteiger charge is 2.38. The number of anilines is 1. The lowest BCUT2D eigenvalue weighted by atomic mass is 9.93. The molecule has 1 aliphatic carbocycles. The highest BCUT2D eigenvalue weighted by Crippen LogP contribution is 2.28. The fraction of sp³-hybridized carbons (Fsp3) is 0.733. The van der Waals surface area contributed by atoms with Crippen LogP contribution in [-0.4, -0.2) is 68.9 Å². The van der Waals surface area contributed by atoms with Crippen molar-refractivity contribution in [3.63, 3.8) is 0 Å². The zero-order valence-corrected chi connectivity index (χ0v) is 14.9. The van der Waals surface area contributed by atoms with E-state index in [-0.39, 0.29) is 18.0 Å². The third-order valence-corrected chi connectivity index (χ3v) is 6.39.